The molecule has 0 fully saturated rings. The molecule has 7 nitrogen and oxygen atoms in total. The molecule has 0 atom stereocenters. The van der Waals surface area contributed by atoms with E-state index in [2.05, 4.69) is 5.10 Å². The van der Waals surface area contributed by atoms with Gasteiger partial charge in [-0.15, -0.1) is 0 Å². The van der Waals surface area contributed by atoms with Gasteiger partial charge in [0.25, 0.3) is 0 Å². The van der Waals surface area contributed by atoms with Crippen molar-refractivity contribution < 1.29 is 14.8 Å². The van der Waals surface area contributed by atoms with E-state index in [1.165, 1.54) is 22.9 Å². The molecule has 0 aliphatic rings. The van der Waals surface area contributed by atoms with E-state index < -0.39 is 16.6 Å². The Morgan fingerprint density at radius 2 is 2.17 bits per heavy atom. The predicted molar refractivity (Wildman–Crippen MR) is 61.9 cm³/mol. The molecule has 1 aromatic heterocycles. The highest BCUT2D eigenvalue weighted by Gasteiger charge is 2.25. The van der Waals surface area contributed by atoms with Crippen molar-refractivity contribution in [2.24, 2.45) is 0 Å². The number of aryl methyl sites for hydroxylation is 1. The minimum Gasteiger partial charge on any atom is -0.477 e. The second kappa shape index (κ2) is 4.28. The van der Waals surface area contributed by atoms with Crippen LogP contribution in [0.5, 0.6) is 0 Å². The third-order valence-electron chi connectivity index (χ3n) is 2.40. The number of aromatic carboxylic acids is 1. The monoisotopic (exact) mass is 247 g/mol. The number of benzene rings is 1. The highest BCUT2D eigenvalue weighted by molar-refractivity contribution is 5.94. The summed E-state index contributed by atoms with van der Waals surface area (Å²) in [6.07, 6.45) is 1.54. The first-order chi connectivity index (χ1) is 8.50. The van der Waals surface area contributed by atoms with E-state index in [-0.39, 0.29) is 11.3 Å². The van der Waals surface area contributed by atoms with Crippen LogP contribution in [0.25, 0.3) is 5.69 Å². The second-order valence-corrected chi connectivity index (χ2v) is 3.64. The summed E-state index contributed by atoms with van der Waals surface area (Å²) in [5.41, 5.74) is -0.00298. The van der Waals surface area contributed by atoms with Crippen LogP contribution in [0.1, 0.15) is 16.1 Å². The van der Waals surface area contributed by atoms with E-state index in [1.54, 1.807) is 19.2 Å². The molecule has 1 aromatic carbocycles. The molecule has 0 aliphatic heterocycles. The Morgan fingerprint density at radius 3 is 2.67 bits per heavy atom. The third kappa shape index (κ3) is 1.93. The Labute approximate surface area is 101 Å². The van der Waals surface area contributed by atoms with Crippen molar-refractivity contribution in [2.75, 3.05) is 0 Å². The number of nitro groups is 1. The fourth-order valence-corrected chi connectivity index (χ4v) is 1.63. The zero-order valence-electron chi connectivity index (χ0n) is 9.40. The molecule has 0 spiro atoms. The number of carbonyl (C=O) groups is 1. The molecule has 1 heterocycles. The van der Waals surface area contributed by atoms with E-state index in [0.717, 1.165) is 0 Å². The number of para-hydroxylation sites is 1. The third-order valence-corrected chi connectivity index (χ3v) is 2.40. The van der Waals surface area contributed by atoms with Gasteiger partial charge in [0.15, 0.2) is 0 Å². The average Bonchev–Trinajstić information content (AvgIpc) is 2.74. The molecule has 0 unspecified atom stereocenters. The number of aromatic nitrogens is 2. The summed E-state index contributed by atoms with van der Waals surface area (Å²) in [6.45, 7) is 1.74. The predicted octanol–water partition coefficient (Wildman–Crippen LogP) is 1.79. The van der Waals surface area contributed by atoms with Gasteiger partial charge in [-0.3, -0.25) is 10.1 Å². The molecule has 0 amide bonds. The van der Waals surface area contributed by atoms with Gasteiger partial charge >= 0.3 is 11.7 Å². The second-order valence-electron chi connectivity index (χ2n) is 3.64. The number of carboxylic acids is 1. The van der Waals surface area contributed by atoms with Gasteiger partial charge in [0.2, 0.25) is 0 Å². The van der Waals surface area contributed by atoms with Crippen LogP contribution in [-0.4, -0.2) is 25.8 Å². The van der Waals surface area contributed by atoms with Crippen LogP contribution < -0.4 is 0 Å². The Kier molecular flexibility index (Phi) is 2.80. The average molecular weight is 247 g/mol. The van der Waals surface area contributed by atoms with Crippen LogP contribution >= 0.6 is 0 Å². The van der Waals surface area contributed by atoms with E-state index in [0.29, 0.717) is 5.69 Å². The molecule has 18 heavy (non-hydrogen) atoms. The molecule has 92 valence electrons. The number of rotatable bonds is 3. The lowest BCUT2D eigenvalue weighted by Crippen LogP contribution is -2.07. The molecule has 0 aliphatic carbocycles. The molecule has 0 saturated heterocycles. The lowest BCUT2D eigenvalue weighted by molar-refractivity contribution is -0.385. The molecule has 2 rings (SSSR count). The zero-order chi connectivity index (χ0) is 13.3. The summed E-state index contributed by atoms with van der Waals surface area (Å²) in [6, 6.07) is 5.78. The highest BCUT2D eigenvalue weighted by atomic mass is 16.6. The number of carboxylic acid groups (broad SMARTS) is 1. The smallest absolute Gasteiger partial charge is 0.342 e. The topological polar surface area (TPSA) is 98.3 Å². The summed E-state index contributed by atoms with van der Waals surface area (Å²) >= 11 is 0. The SMILES string of the molecule is Cc1ccn(-c2cccc(C(=O)O)c2[N+](=O)[O-])n1. The maximum Gasteiger partial charge on any atom is 0.342 e. The van der Waals surface area contributed by atoms with Crippen LogP contribution in [0.15, 0.2) is 30.5 Å². The number of nitro benzene ring substituents is 1. The van der Waals surface area contributed by atoms with Crippen LogP contribution in [0.4, 0.5) is 5.69 Å². The van der Waals surface area contributed by atoms with Crippen LogP contribution in [-0.2, 0) is 0 Å². The molecule has 0 radical (unpaired) electrons. The van der Waals surface area contributed by atoms with Gasteiger partial charge in [-0.05, 0) is 25.1 Å². The molecule has 2 aromatic rings. The van der Waals surface area contributed by atoms with Gasteiger partial charge in [-0.1, -0.05) is 6.07 Å². The fraction of sp³-hybridized carbons (Fsp3) is 0.0909. The van der Waals surface area contributed by atoms with E-state index >= 15 is 0 Å². The Bertz CT molecular complexity index is 633. The van der Waals surface area contributed by atoms with Crippen molar-refractivity contribution in [2.45, 2.75) is 6.92 Å². The van der Waals surface area contributed by atoms with Crippen LogP contribution in [0.2, 0.25) is 0 Å². The summed E-state index contributed by atoms with van der Waals surface area (Å²) in [4.78, 5) is 21.3. The maximum atomic E-state index is 11.0. The standard InChI is InChI=1S/C11H9N3O4/c1-7-5-6-13(12-7)9-4-2-3-8(11(15)16)10(9)14(17)18/h2-6H,1H3,(H,15,16). The quantitative estimate of drug-likeness (QED) is 0.658. The number of nitrogens with zero attached hydrogens (tertiary/aromatic N) is 3. The van der Waals surface area contributed by atoms with Gasteiger partial charge < -0.3 is 5.11 Å². The normalized spacial score (nSPS) is 10.3. The lowest BCUT2D eigenvalue weighted by Gasteiger charge is -2.05. The maximum absolute atomic E-state index is 11.0. The molecule has 7 heteroatoms. The largest absolute Gasteiger partial charge is 0.477 e. The van der Waals surface area contributed by atoms with Crippen molar-refractivity contribution in [1.29, 1.82) is 0 Å². The van der Waals surface area contributed by atoms with Gasteiger partial charge in [0, 0.05) is 6.20 Å². The van der Waals surface area contributed by atoms with Crippen molar-refractivity contribution in [3.05, 3.63) is 51.8 Å². The van der Waals surface area contributed by atoms with Gasteiger partial charge in [0.1, 0.15) is 11.3 Å². The van der Waals surface area contributed by atoms with E-state index in [1.807, 2.05) is 0 Å². The summed E-state index contributed by atoms with van der Waals surface area (Å²) in [7, 11) is 0. The van der Waals surface area contributed by atoms with Crippen molar-refractivity contribution >= 4 is 11.7 Å². The summed E-state index contributed by atoms with van der Waals surface area (Å²) in [5.74, 6) is -1.34. The van der Waals surface area contributed by atoms with Crippen LogP contribution in [0.3, 0.4) is 0 Å². The Hall–Kier alpha value is -2.70. The molecule has 0 saturated carbocycles. The molecular formula is C11H9N3O4. The molecule has 1 N–H and O–H groups in total. The zero-order valence-corrected chi connectivity index (χ0v) is 9.40. The summed E-state index contributed by atoms with van der Waals surface area (Å²) in [5, 5.41) is 24.0. The first kappa shape index (κ1) is 11.8. The first-order valence-electron chi connectivity index (χ1n) is 5.04. The fourth-order valence-electron chi connectivity index (χ4n) is 1.63. The minimum absolute atomic E-state index is 0.132. The summed E-state index contributed by atoms with van der Waals surface area (Å²) < 4.78 is 1.29. The van der Waals surface area contributed by atoms with E-state index in [4.69, 9.17) is 5.11 Å². The highest BCUT2D eigenvalue weighted by Crippen LogP contribution is 2.26. The molecular weight excluding hydrogens is 238 g/mol. The van der Waals surface area contributed by atoms with Crippen LogP contribution in [0, 0.1) is 17.0 Å². The molecule has 0 bridgehead atoms. The van der Waals surface area contributed by atoms with Gasteiger partial charge in [-0.2, -0.15) is 5.10 Å². The van der Waals surface area contributed by atoms with Gasteiger partial charge in [-0.25, -0.2) is 9.48 Å². The Morgan fingerprint density at radius 1 is 1.44 bits per heavy atom. The van der Waals surface area contributed by atoms with Gasteiger partial charge in [0.05, 0.1) is 10.6 Å². The Balaban J connectivity index is 2.71. The van der Waals surface area contributed by atoms with Crippen molar-refractivity contribution in [3.8, 4) is 5.69 Å². The minimum atomic E-state index is -1.34. The van der Waals surface area contributed by atoms with E-state index in [9.17, 15) is 14.9 Å². The van der Waals surface area contributed by atoms with Crippen molar-refractivity contribution in [3.63, 3.8) is 0 Å². The number of hydrogen-bond donors (Lipinski definition) is 1. The number of hydrogen-bond acceptors (Lipinski definition) is 4. The first-order valence-corrected chi connectivity index (χ1v) is 5.04. The lowest BCUT2D eigenvalue weighted by atomic mass is 10.1. The van der Waals surface area contributed by atoms with Crippen molar-refractivity contribution in [1.82, 2.24) is 9.78 Å².